The van der Waals surface area contributed by atoms with Crippen LogP contribution in [0.3, 0.4) is 0 Å². The number of amides is 1. The van der Waals surface area contributed by atoms with Crippen molar-refractivity contribution in [3.63, 3.8) is 0 Å². The summed E-state index contributed by atoms with van der Waals surface area (Å²) in [7, 11) is 0. The van der Waals surface area contributed by atoms with Crippen molar-refractivity contribution in [2.75, 3.05) is 13.1 Å². The minimum atomic E-state index is 0. The van der Waals surface area contributed by atoms with Crippen LogP contribution in [-0.4, -0.2) is 25.0 Å². The highest BCUT2D eigenvalue weighted by molar-refractivity contribution is 5.85. The van der Waals surface area contributed by atoms with Crippen molar-refractivity contribution in [2.24, 2.45) is 17.3 Å². The molecule has 3 aliphatic rings. The number of carbonyl (C=O) groups is 1. The van der Waals surface area contributed by atoms with Crippen molar-refractivity contribution in [1.29, 1.82) is 0 Å². The maximum atomic E-state index is 12.0. The largest absolute Gasteiger partial charge is 0.353 e. The Bertz CT molecular complexity index is 285. The Balaban J connectivity index is 0.000000963. The molecule has 1 spiro atoms. The van der Waals surface area contributed by atoms with Gasteiger partial charge in [0, 0.05) is 18.5 Å². The van der Waals surface area contributed by atoms with E-state index in [2.05, 4.69) is 17.6 Å². The average molecular weight is 245 g/mol. The van der Waals surface area contributed by atoms with Crippen LogP contribution in [0.2, 0.25) is 0 Å². The minimum absolute atomic E-state index is 0. The molecule has 4 heteroatoms. The molecule has 0 aromatic heterocycles. The lowest BCUT2D eigenvalue weighted by molar-refractivity contribution is -0.123. The first-order chi connectivity index (χ1) is 7.21. The maximum Gasteiger partial charge on any atom is 0.223 e. The van der Waals surface area contributed by atoms with Gasteiger partial charge in [-0.2, -0.15) is 0 Å². The Hall–Kier alpha value is -0.280. The fourth-order valence-electron chi connectivity index (χ4n) is 2.99. The topological polar surface area (TPSA) is 41.1 Å². The van der Waals surface area contributed by atoms with Gasteiger partial charge in [0.05, 0.1) is 0 Å². The van der Waals surface area contributed by atoms with Crippen molar-refractivity contribution < 1.29 is 4.79 Å². The molecule has 3 nitrogen and oxygen atoms in total. The van der Waals surface area contributed by atoms with Crippen LogP contribution < -0.4 is 10.6 Å². The lowest BCUT2D eigenvalue weighted by Crippen LogP contribution is -2.36. The van der Waals surface area contributed by atoms with Crippen LogP contribution in [0.4, 0.5) is 0 Å². The summed E-state index contributed by atoms with van der Waals surface area (Å²) < 4.78 is 0. The Labute approximate surface area is 103 Å². The Morgan fingerprint density at radius 1 is 1.50 bits per heavy atom. The average Bonchev–Trinajstić information content (AvgIpc) is 3.04. The molecule has 16 heavy (non-hydrogen) atoms. The van der Waals surface area contributed by atoms with Gasteiger partial charge < -0.3 is 10.6 Å². The number of carbonyl (C=O) groups excluding carboxylic acids is 1. The van der Waals surface area contributed by atoms with Gasteiger partial charge in [-0.15, -0.1) is 12.4 Å². The van der Waals surface area contributed by atoms with Gasteiger partial charge in [-0.25, -0.2) is 0 Å². The fraction of sp³-hybridized carbons (Fsp3) is 0.917. The molecule has 2 saturated carbocycles. The second-order valence-corrected chi connectivity index (χ2v) is 5.68. The van der Waals surface area contributed by atoms with E-state index in [0.29, 0.717) is 23.3 Å². The first-order valence-corrected chi connectivity index (χ1v) is 6.22. The van der Waals surface area contributed by atoms with Crippen molar-refractivity contribution in [1.82, 2.24) is 10.6 Å². The molecule has 3 atom stereocenters. The Kier molecular flexibility index (Phi) is 3.19. The van der Waals surface area contributed by atoms with Crippen molar-refractivity contribution >= 4 is 18.3 Å². The van der Waals surface area contributed by atoms with Gasteiger partial charge in [0.25, 0.3) is 0 Å². The molecule has 2 aliphatic carbocycles. The van der Waals surface area contributed by atoms with E-state index < -0.39 is 0 Å². The van der Waals surface area contributed by atoms with Crippen LogP contribution in [-0.2, 0) is 4.79 Å². The summed E-state index contributed by atoms with van der Waals surface area (Å²) in [5.74, 6) is 1.40. The predicted octanol–water partition coefficient (Wildman–Crippen LogP) is 1.32. The second-order valence-electron chi connectivity index (χ2n) is 5.68. The smallest absolute Gasteiger partial charge is 0.223 e. The molecule has 92 valence electrons. The highest BCUT2D eigenvalue weighted by Gasteiger charge is 2.59. The summed E-state index contributed by atoms with van der Waals surface area (Å²) in [5.41, 5.74) is 0.355. The predicted molar refractivity (Wildman–Crippen MR) is 65.6 cm³/mol. The second kappa shape index (κ2) is 4.19. The van der Waals surface area contributed by atoms with Crippen molar-refractivity contribution in [3.8, 4) is 0 Å². The van der Waals surface area contributed by atoms with Crippen LogP contribution in [0, 0.1) is 17.3 Å². The lowest BCUT2D eigenvalue weighted by atomic mass is 10.0. The molecular formula is C12H21ClN2O. The van der Waals surface area contributed by atoms with Gasteiger partial charge in [0.1, 0.15) is 0 Å². The molecule has 2 N–H and O–H groups in total. The summed E-state index contributed by atoms with van der Waals surface area (Å²) in [4.78, 5) is 12.0. The standard InChI is InChI=1S/C12H20N2O.ClH/c1-8(9-2-3-9)14-11(15)10-6-12(10)4-5-13-7-12;/h8-10,13H,2-7H2,1H3,(H,14,15);1H. The number of rotatable bonds is 3. The van der Waals surface area contributed by atoms with E-state index in [1.165, 1.54) is 19.3 Å². The molecule has 3 unspecified atom stereocenters. The summed E-state index contributed by atoms with van der Waals surface area (Å²) in [6.45, 7) is 4.31. The normalized spacial score (nSPS) is 37.9. The SMILES string of the molecule is CC(NC(=O)C1CC12CCNC2)C1CC1.Cl. The molecule has 3 fully saturated rings. The molecule has 0 radical (unpaired) electrons. The quantitative estimate of drug-likeness (QED) is 0.786. The Morgan fingerprint density at radius 3 is 2.81 bits per heavy atom. The third kappa shape index (κ3) is 2.07. The van der Waals surface area contributed by atoms with E-state index in [-0.39, 0.29) is 12.4 Å². The molecular weight excluding hydrogens is 224 g/mol. The zero-order chi connectivity index (χ0) is 10.5. The number of nitrogens with one attached hydrogen (secondary N) is 2. The van der Waals surface area contributed by atoms with E-state index in [1.54, 1.807) is 0 Å². The molecule has 3 rings (SSSR count). The van der Waals surface area contributed by atoms with Gasteiger partial charge in [-0.05, 0) is 50.5 Å². The van der Waals surface area contributed by atoms with Gasteiger partial charge in [-0.3, -0.25) is 4.79 Å². The minimum Gasteiger partial charge on any atom is -0.353 e. The van der Waals surface area contributed by atoms with Crippen molar-refractivity contribution in [3.05, 3.63) is 0 Å². The number of hydrogen-bond donors (Lipinski definition) is 2. The molecule has 1 amide bonds. The fourth-order valence-corrected chi connectivity index (χ4v) is 2.99. The van der Waals surface area contributed by atoms with Crippen LogP contribution >= 0.6 is 12.4 Å². The molecule has 0 aromatic rings. The summed E-state index contributed by atoms with van der Waals surface area (Å²) in [5, 5.41) is 6.56. The molecule has 0 aromatic carbocycles. The first-order valence-electron chi connectivity index (χ1n) is 6.22. The summed E-state index contributed by atoms with van der Waals surface area (Å²) in [6, 6.07) is 0.407. The summed E-state index contributed by atoms with van der Waals surface area (Å²) >= 11 is 0. The molecule has 1 heterocycles. The molecule has 0 bridgehead atoms. The van der Waals surface area contributed by atoms with E-state index in [9.17, 15) is 4.79 Å². The maximum absolute atomic E-state index is 12.0. The van der Waals surface area contributed by atoms with Crippen LogP contribution in [0.25, 0.3) is 0 Å². The van der Waals surface area contributed by atoms with Crippen LogP contribution in [0.15, 0.2) is 0 Å². The molecule has 1 aliphatic heterocycles. The zero-order valence-corrected chi connectivity index (χ0v) is 10.6. The van der Waals surface area contributed by atoms with Crippen LogP contribution in [0.1, 0.15) is 32.6 Å². The Morgan fingerprint density at radius 2 is 2.25 bits per heavy atom. The van der Waals surface area contributed by atoms with Gasteiger partial charge >= 0.3 is 0 Å². The van der Waals surface area contributed by atoms with E-state index in [1.807, 2.05) is 0 Å². The lowest BCUT2D eigenvalue weighted by Gasteiger charge is -2.14. The number of hydrogen-bond acceptors (Lipinski definition) is 2. The van der Waals surface area contributed by atoms with Gasteiger partial charge in [-0.1, -0.05) is 0 Å². The zero-order valence-electron chi connectivity index (χ0n) is 9.79. The highest BCUT2D eigenvalue weighted by atomic mass is 35.5. The van der Waals surface area contributed by atoms with E-state index >= 15 is 0 Å². The highest BCUT2D eigenvalue weighted by Crippen LogP contribution is 2.56. The van der Waals surface area contributed by atoms with Crippen molar-refractivity contribution in [2.45, 2.75) is 38.6 Å². The monoisotopic (exact) mass is 244 g/mol. The van der Waals surface area contributed by atoms with E-state index in [0.717, 1.165) is 25.4 Å². The summed E-state index contributed by atoms with van der Waals surface area (Å²) in [6.07, 6.45) is 4.92. The third-order valence-corrected chi connectivity index (χ3v) is 4.48. The van der Waals surface area contributed by atoms with Gasteiger partial charge in [0.2, 0.25) is 5.91 Å². The molecule has 1 saturated heterocycles. The van der Waals surface area contributed by atoms with Crippen LogP contribution in [0.5, 0.6) is 0 Å². The van der Waals surface area contributed by atoms with E-state index in [4.69, 9.17) is 0 Å². The third-order valence-electron chi connectivity index (χ3n) is 4.48. The number of halogens is 1. The first kappa shape index (κ1) is 12.2. The van der Waals surface area contributed by atoms with Gasteiger partial charge in [0.15, 0.2) is 0 Å².